The first-order valence-electron chi connectivity index (χ1n) is 9.41. The molecule has 0 aliphatic heterocycles. The van der Waals surface area contributed by atoms with Gasteiger partial charge in [0.25, 0.3) is 0 Å². The van der Waals surface area contributed by atoms with Gasteiger partial charge in [0.1, 0.15) is 41.1 Å². The highest BCUT2D eigenvalue weighted by Crippen LogP contribution is 2.39. The highest BCUT2D eigenvalue weighted by molar-refractivity contribution is 7.90. The number of carboxylic acid groups (broad SMARTS) is 1. The van der Waals surface area contributed by atoms with Gasteiger partial charge in [-0.1, -0.05) is 6.92 Å². The van der Waals surface area contributed by atoms with Crippen molar-refractivity contribution < 1.29 is 36.6 Å². The van der Waals surface area contributed by atoms with Crippen molar-refractivity contribution in [1.82, 2.24) is 0 Å². The maximum Gasteiger partial charge on any atom is 0.340 e. The van der Waals surface area contributed by atoms with Crippen LogP contribution in [-0.4, -0.2) is 45.0 Å². The highest BCUT2D eigenvalue weighted by Gasteiger charge is 2.23. The normalized spacial score (nSPS) is 11.6. The average molecular weight is 451 g/mol. The van der Waals surface area contributed by atoms with Crippen molar-refractivity contribution in [1.29, 1.82) is 0 Å². The Bertz CT molecular complexity index is 1190. The summed E-state index contributed by atoms with van der Waals surface area (Å²) < 4.78 is 52.4. The quantitative estimate of drug-likeness (QED) is 0.350. The van der Waals surface area contributed by atoms with Crippen LogP contribution in [0, 0.1) is 5.82 Å². The molecule has 0 aliphatic rings. The second-order valence-corrected chi connectivity index (χ2v) is 8.97. The van der Waals surface area contributed by atoms with E-state index in [9.17, 15) is 22.7 Å². The average Bonchev–Trinajstić information content (AvgIpc) is 3.07. The summed E-state index contributed by atoms with van der Waals surface area (Å²) >= 11 is 0. The molecule has 0 bridgehead atoms. The number of fused-ring (bicyclic) bond motifs is 1. The lowest BCUT2D eigenvalue weighted by atomic mass is 10.0. The zero-order valence-electron chi connectivity index (χ0n) is 17.0. The zero-order valence-corrected chi connectivity index (χ0v) is 17.8. The van der Waals surface area contributed by atoms with Gasteiger partial charge in [-0.2, -0.15) is 0 Å². The van der Waals surface area contributed by atoms with E-state index in [-0.39, 0.29) is 23.6 Å². The third-order valence-electron chi connectivity index (χ3n) is 4.23. The summed E-state index contributed by atoms with van der Waals surface area (Å²) in [5.41, 5.74) is 1.07. The molecular formula is C21H22FNO7S. The van der Waals surface area contributed by atoms with Gasteiger partial charge < -0.3 is 24.3 Å². The second kappa shape index (κ2) is 9.36. The van der Waals surface area contributed by atoms with Crippen LogP contribution in [0.5, 0.6) is 5.75 Å². The molecule has 0 saturated heterocycles. The van der Waals surface area contributed by atoms with Crippen molar-refractivity contribution in [3.05, 3.63) is 47.8 Å². The maximum absolute atomic E-state index is 13.3. The van der Waals surface area contributed by atoms with E-state index in [2.05, 4.69) is 5.32 Å². The third kappa shape index (κ3) is 5.53. The summed E-state index contributed by atoms with van der Waals surface area (Å²) in [6.07, 6.45) is 1.78. The van der Waals surface area contributed by atoms with Crippen LogP contribution >= 0.6 is 0 Å². The Hall–Kier alpha value is -3.11. The van der Waals surface area contributed by atoms with Gasteiger partial charge in [0.2, 0.25) is 0 Å². The second-order valence-electron chi connectivity index (χ2n) is 6.88. The lowest BCUT2D eigenvalue weighted by molar-refractivity contribution is 0.0699. The van der Waals surface area contributed by atoms with Gasteiger partial charge >= 0.3 is 5.97 Å². The predicted octanol–water partition coefficient (Wildman–Crippen LogP) is 4.11. The number of sulfone groups is 1. The van der Waals surface area contributed by atoms with E-state index in [1.807, 2.05) is 6.92 Å². The van der Waals surface area contributed by atoms with Gasteiger partial charge in [0, 0.05) is 23.3 Å². The number of hydrogen-bond acceptors (Lipinski definition) is 7. The van der Waals surface area contributed by atoms with Gasteiger partial charge in [0.15, 0.2) is 9.84 Å². The number of rotatable bonds is 10. The van der Waals surface area contributed by atoms with Crippen molar-refractivity contribution in [2.75, 3.05) is 30.8 Å². The van der Waals surface area contributed by atoms with E-state index in [1.54, 1.807) is 12.1 Å². The first-order chi connectivity index (χ1) is 14.7. The summed E-state index contributed by atoms with van der Waals surface area (Å²) in [6, 6.07) is 8.41. The molecule has 0 atom stereocenters. The van der Waals surface area contributed by atoms with E-state index in [4.69, 9.17) is 13.9 Å². The Labute approximate surface area is 178 Å². The molecule has 1 aromatic heterocycles. The number of carbonyl (C=O) groups is 1. The minimum absolute atomic E-state index is 0.0668. The molecule has 0 amide bonds. The predicted molar refractivity (Wildman–Crippen MR) is 114 cm³/mol. The van der Waals surface area contributed by atoms with Gasteiger partial charge in [-0.25, -0.2) is 17.6 Å². The molecule has 10 heteroatoms. The Balaban J connectivity index is 2.03. The van der Waals surface area contributed by atoms with Crippen LogP contribution < -0.4 is 10.1 Å². The molecule has 0 saturated carbocycles. The van der Waals surface area contributed by atoms with Crippen LogP contribution in [0.15, 0.2) is 40.8 Å². The van der Waals surface area contributed by atoms with E-state index >= 15 is 0 Å². The maximum atomic E-state index is 13.3. The van der Waals surface area contributed by atoms with Crippen molar-refractivity contribution in [3.8, 4) is 17.1 Å². The van der Waals surface area contributed by atoms with E-state index < -0.39 is 27.6 Å². The summed E-state index contributed by atoms with van der Waals surface area (Å²) in [5, 5.41) is 13.0. The van der Waals surface area contributed by atoms with Crippen molar-refractivity contribution in [2.45, 2.75) is 13.3 Å². The van der Waals surface area contributed by atoms with E-state index in [1.165, 1.54) is 24.3 Å². The third-order valence-corrected chi connectivity index (χ3v) is 4.83. The van der Waals surface area contributed by atoms with Crippen LogP contribution in [-0.2, 0) is 14.6 Å². The molecule has 1 heterocycles. The minimum atomic E-state index is -3.29. The zero-order chi connectivity index (χ0) is 22.6. The summed E-state index contributed by atoms with van der Waals surface area (Å²) in [4.78, 5) is 12.0. The number of anilines is 1. The van der Waals surface area contributed by atoms with Gasteiger partial charge in [-0.05, 0) is 36.8 Å². The molecule has 0 unspecified atom stereocenters. The Morgan fingerprint density at radius 3 is 2.55 bits per heavy atom. The van der Waals surface area contributed by atoms with Crippen molar-refractivity contribution in [3.63, 3.8) is 0 Å². The molecular weight excluding hydrogens is 429 g/mol. The van der Waals surface area contributed by atoms with Crippen LogP contribution in [0.25, 0.3) is 22.3 Å². The first kappa shape index (κ1) is 22.6. The number of halogens is 1. The molecule has 0 fully saturated rings. The Kier molecular flexibility index (Phi) is 6.81. The van der Waals surface area contributed by atoms with Crippen LogP contribution in [0.4, 0.5) is 10.1 Å². The Morgan fingerprint density at radius 1 is 1.23 bits per heavy atom. The fraction of sp³-hybridized carbons (Fsp3) is 0.286. The molecule has 8 nitrogen and oxygen atoms in total. The minimum Gasteiger partial charge on any atom is -0.491 e. The summed E-state index contributed by atoms with van der Waals surface area (Å²) in [7, 11) is -3.29. The molecule has 0 radical (unpaired) electrons. The number of carboxylic acids is 1. The fourth-order valence-electron chi connectivity index (χ4n) is 2.93. The molecule has 2 aromatic carbocycles. The van der Waals surface area contributed by atoms with E-state index in [0.717, 1.165) is 12.7 Å². The van der Waals surface area contributed by atoms with E-state index in [0.29, 0.717) is 29.0 Å². The van der Waals surface area contributed by atoms with Crippen molar-refractivity contribution in [2.24, 2.45) is 0 Å². The number of aromatic carboxylic acids is 1. The summed E-state index contributed by atoms with van der Waals surface area (Å²) in [6.45, 7) is 2.20. The molecule has 2 N–H and O–H groups in total. The molecule has 31 heavy (non-hydrogen) atoms. The monoisotopic (exact) mass is 451 g/mol. The van der Waals surface area contributed by atoms with Gasteiger partial charge in [-0.3, -0.25) is 0 Å². The standard InChI is InChI=1S/C21H22FNO7S/c1-3-8-29-18-9-15-17(10-16(18)23-11-28-12-31(2,26)27)30-20(19(15)21(24)25)13-4-6-14(22)7-5-13/h4-7,9-10,23H,3,8,11-12H2,1-2H3,(H,24,25). The van der Waals surface area contributed by atoms with Crippen molar-refractivity contribution >= 4 is 32.5 Å². The molecule has 166 valence electrons. The van der Waals surface area contributed by atoms with Crippen LogP contribution in [0.2, 0.25) is 0 Å². The van der Waals surface area contributed by atoms with Crippen LogP contribution in [0.1, 0.15) is 23.7 Å². The summed E-state index contributed by atoms with van der Waals surface area (Å²) in [5.74, 6) is -1.64. The topological polar surface area (TPSA) is 115 Å². The number of hydrogen-bond donors (Lipinski definition) is 2. The Morgan fingerprint density at radius 2 is 1.94 bits per heavy atom. The van der Waals surface area contributed by atoms with Gasteiger partial charge in [0.05, 0.1) is 12.3 Å². The molecule has 0 spiro atoms. The number of furan rings is 1. The lowest BCUT2D eigenvalue weighted by Gasteiger charge is -2.13. The van der Waals surface area contributed by atoms with Crippen LogP contribution in [0.3, 0.4) is 0 Å². The number of benzene rings is 2. The molecule has 3 rings (SSSR count). The SMILES string of the molecule is CCCOc1cc2c(C(=O)O)c(-c3ccc(F)cc3)oc2cc1NCOCS(C)(=O)=O. The number of ether oxygens (including phenoxy) is 2. The van der Waals surface area contributed by atoms with Gasteiger partial charge in [-0.15, -0.1) is 0 Å². The lowest BCUT2D eigenvalue weighted by Crippen LogP contribution is -2.13. The first-order valence-corrected chi connectivity index (χ1v) is 11.5. The largest absolute Gasteiger partial charge is 0.491 e. The fourth-order valence-corrected chi connectivity index (χ4v) is 3.32. The molecule has 0 aliphatic carbocycles. The molecule has 3 aromatic rings. The smallest absolute Gasteiger partial charge is 0.340 e. The highest BCUT2D eigenvalue weighted by atomic mass is 32.2. The number of nitrogens with one attached hydrogen (secondary N) is 1.